The second-order valence-electron chi connectivity index (χ2n) is 2.75. The number of nitrogens with one attached hydrogen (secondary N) is 2. The van der Waals surface area contributed by atoms with Crippen molar-refractivity contribution in [3.05, 3.63) is 23.5 Å². The topological polar surface area (TPSA) is 74.8 Å². The lowest BCUT2D eigenvalue weighted by atomic mass is 10.2. The van der Waals surface area contributed by atoms with Gasteiger partial charge in [0.2, 0.25) is 0 Å². The third-order valence-corrected chi connectivity index (χ3v) is 2.14. The predicted octanol–water partition coefficient (Wildman–Crippen LogP) is 2.16. The molecule has 82 valence electrons. The molecule has 1 aromatic heterocycles. The van der Waals surface area contributed by atoms with E-state index < -0.39 is 8.54 Å². The predicted molar refractivity (Wildman–Crippen MR) is 57.6 cm³/mol. The van der Waals surface area contributed by atoms with E-state index in [1.807, 2.05) is 0 Å². The van der Waals surface area contributed by atoms with Gasteiger partial charge in [0.05, 0.1) is 23.9 Å². The van der Waals surface area contributed by atoms with Crippen molar-refractivity contribution < 1.29 is 8.39 Å². The average molecular weight is 232 g/mol. The molecule has 0 aliphatic rings. The van der Waals surface area contributed by atoms with E-state index in [-0.39, 0.29) is 12.8 Å². The summed E-state index contributed by atoms with van der Waals surface area (Å²) in [5, 5.41) is 9.67. The Bertz CT molecular complexity index is 345. The monoisotopic (exact) mass is 232 g/mol. The summed E-state index contributed by atoms with van der Waals surface area (Å²) in [5.41, 5.74) is 6.95. The SMILES string of the molecule is N=Cc1cc(CN)ncc1NCP(F)F. The second-order valence-corrected chi connectivity index (χ2v) is 3.67. The Labute approximate surface area is 87.4 Å². The van der Waals surface area contributed by atoms with Gasteiger partial charge >= 0.3 is 0 Å². The summed E-state index contributed by atoms with van der Waals surface area (Å²) >= 11 is 0. The fraction of sp³-hybridized carbons (Fsp3) is 0.250. The fourth-order valence-electron chi connectivity index (χ4n) is 1.04. The summed E-state index contributed by atoms with van der Waals surface area (Å²) < 4.78 is 24.0. The van der Waals surface area contributed by atoms with Gasteiger partial charge < -0.3 is 16.5 Å². The molecule has 0 amide bonds. The summed E-state index contributed by atoms with van der Waals surface area (Å²) in [6, 6.07) is 1.61. The Hall–Kier alpha value is -1.13. The minimum Gasteiger partial charge on any atom is -0.374 e. The van der Waals surface area contributed by atoms with E-state index in [1.54, 1.807) is 6.07 Å². The fourth-order valence-corrected chi connectivity index (χ4v) is 1.33. The van der Waals surface area contributed by atoms with Gasteiger partial charge in [0.1, 0.15) is 0 Å². The molecule has 4 N–H and O–H groups in total. The minimum absolute atomic E-state index is 0.264. The maximum Gasteiger partial charge on any atom is 0.285 e. The van der Waals surface area contributed by atoms with Crippen LogP contribution in [-0.4, -0.2) is 17.5 Å². The van der Waals surface area contributed by atoms with Crippen molar-refractivity contribution in [2.45, 2.75) is 6.54 Å². The van der Waals surface area contributed by atoms with Crippen LogP contribution in [0.1, 0.15) is 11.3 Å². The number of hydrogen-bond donors (Lipinski definition) is 3. The van der Waals surface area contributed by atoms with Crippen LogP contribution >= 0.6 is 8.54 Å². The summed E-state index contributed by atoms with van der Waals surface area (Å²) in [4.78, 5) is 3.96. The van der Waals surface area contributed by atoms with Crippen LogP contribution in [0, 0.1) is 5.41 Å². The van der Waals surface area contributed by atoms with Crippen LogP contribution in [0.25, 0.3) is 0 Å². The van der Waals surface area contributed by atoms with Gasteiger partial charge in [-0.15, -0.1) is 0 Å². The van der Waals surface area contributed by atoms with Crippen LogP contribution in [0.2, 0.25) is 0 Å². The van der Waals surface area contributed by atoms with Crippen molar-refractivity contribution >= 4 is 20.4 Å². The van der Waals surface area contributed by atoms with Crippen LogP contribution in [0.5, 0.6) is 0 Å². The van der Waals surface area contributed by atoms with Crippen LogP contribution in [0.15, 0.2) is 12.3 Å². The van der Waals surface area contributed by atoms with Crippen LogP contribution in [0.3, 0.4) is 0 Å². The number of pyridine rings is 1. The average Bonchev–Trinajstić information content (AvgIpc) is 2.25. The van der Waals surface area contributed by atoms with Crippen LogP contribution in [0.4, 0.5) is 14.1 Å². The highest BCUT2D eigenvalue weighted by atomic mass is 31.2. The number of anilines is 1. The highest BCUT2D eigenvalue weighted by molar-refractivity contribution is 7.46. The number of rotatable bonds is 5. The van der Waals surface area contributed by atoms with Crippen molar-refractivity contribution in [2.75, 3.05) is 11.6 Å². The van der Waals surface area contributed by atoms with E-state index in [9.17, 15) is 8.39 Å². The summed E-state index contributed by atoms with van der Waals surface area (Å²) in [6.45, 7) is 0.264. The Morgan fingerprint density at radius 1 is 1.60 bits per heavy atom. The maximum atomic E-state index is 12.0. The molecule has 1 rings (SSSR count). The molecular weight excluding hydrogens is 221 g/mol. The van der Waals surface area contributed by atoms with Crippen molar-refractivity contribution in [3.63, 3.8) is 0 Å². The maximum absolute atomic E-state index is 12.0. The zero-order chi connectivity index (χ0) is 11.3. The van der Waals surface area contributed by atoms with Crippen molar-refractivity contribution in [1.29, 1.82) is 5.41 Å². The quantitative estimate of drug-likeness (QED) is 0.538. The largest absolute Gasteiger partial charge is 0.374 e. The number of nitrogens with zero attached hydrogens (tertiary/aromatic N) is 1. The Morgan fingerprint density at radius 3 is 2.87 bits per heavy atom. The molecule has 0 unspecified atom stereocenters. The van der Waals surface area contributed by atoms with Gasteiger partial charge in [-0.1, -0.05) is 0 Å². The zero-order valence-corrected chi connectivity index (χ0v) is 8.77. The van der Waals surface area contributed by atoms with E-state index >= 15 is 0 Å². The molecule has 4 nitrogen and oxygen atoms in total. The van der Waals surface area contributed by atoms with Crippen LogP contribution < -0.4 is 11.1 Å². The van der Waals surface area contributed by atoms with Gasteiger partial charge in [0.15, 0.2) is 0 Å². The van der Waals surface area contributed by atoms with E-state index in [0.29, 0.717) is 16.9 Å². The van der Waals surface area contributed by atoms with Gasteiger partial charge in [-0.25, -0.2) is 0 Å². The second kappa shape index (κ2) is 5.68. The summed E-state index contributed by atoms with van der Waals surface area (Å²) in [5.74, 6) is 0. The van der Waals surface area contributed by atoms with E-state index in [1.165, 1.54) is 6.20 Å². The lowest BCUT2D eigenvalue weighted by molar-refractivity contribution is 0.745. The van der Waals surface area contributed by atoms with Gasteiger partial charge in [0, 0.05) is 18.3 Å². The van der Waals surface area contributed by atoms with E-state index in [4.69, 9.17) is 11.1 Å². The molecule has 7 heteroatoms. The molecule has 15 heavy (non-hydrogen) atoms. The Kier molecular flexibility index (Phi) is 4.52. The molecule has 0 saturated heterocycles. The third-order valence-electron chi connectivity index (χ3n) is 1.75. The Morgan fingerprint density at radius 2 is 2.33 bits per heavy atom. The number of aromatic nitrogens is 1. The first-order valence-corrected chi connectivity index (χ1v) is 5.50. The molecule has 0 saturated carbocycles. The van der Waals surface area contributed by atoms with Gasteiger partial charge in [0.25, 0.3) is 8.54 Å². The van der Waals surface area contributed by atoms with E-state index in [0.717, 1.165) is 6.21 Å². The highest BCUT2D eigenvalue weighted by Gasteiger charge is 2.06. The molecule has 1 heterocycles. The molecule has 0 spiro atoms. The smallest absolute Gasteiger partial charge is 0.285 e. The molecular formula is C8H11F2N4P. The number of halogens is 2. The first kappa shape index (κ1) is 11.9. The third kappa shape index (κ3) is 3.49. The van der Waals surface area contributed by atoms with Crippen molar-refractivity contribution in [3.8, 4) is 0 Å². The number of nitrogens with two attached hydrogens (primary N) is 1. The van der Waals surface area contributed by atoms with Crippen LogP contribution in [-0.2, 0) is 6.54 Å². The molecule has 0 aliphatic heterocycles. The number of hydrogen-bond acceptors (Lipinski definition) is 4. The Balaban J connectivity index is 2.82. The molecule has 0 aliphatic carbocycles. The molecule has 0 bridgehead atoms. The van der Waals surface area contributed by atoms with Gasteiger partial charge in [-0.3, -0.25) is 4.98 Å². The lowest BCUT2D eigenvalue weighted by Gasteiger charge is -2.08. The first-order valence-electron chi connectivity index (χ1n) is 4.19. The molecule has 0 aromatic carbocycles. The van der Waals surface area contributed by atoms with Crippen molar-refractivity contribution in [2.24, 2.45) is 5.73 Å². The molecule has 0 fully saturated rings. The summed E-state index contributed by atoms with van der Waals surface area (Å²) in [7, 11) is -2.99. The standard InChI is InChI=1S/C8H11F2N4P/c9-15(10)5-14-8-4-13-7(3-12)1-6(8)2-11/h1-2,4,11,14H,3,5,12H2. The van der Waals surface area contributed by atoms with Gasteiger partial charge in [-0.2, -0.15) is 8.39 Å². The van der Waals surface area contributed by atoms with Crippen molar-refractivity contribution in [1.82, 2.24) is 4.98 Å². The van der Waals surface area contributed by atoms with E-state index in [2.05, 4.69) is 10.3 Å². The first-order chi connectivity index (χ1) is 7.17. The van der Waals surface area contributed by atoms with Gasteiger partial charge in [-0.05, 0) is 6.07 Å². The molecule has 1 aromatic rings. The molecule has 0 atom stereocenters. The minimum atomic E-state index is -2.99. The normalized spacial score (nSPS) is 10.4. The zero-order valence-electron chi connectivity index (χ0n) is 7.87. The molecule has 0 radical (unpaired) electrons. The summed E-state index contributed by atoms with van der Waals surface area (Å²) in [6.07, 6.45) is 2.11. The highest BCUT2D eigenvalue weighted by Crippen LogP contribution is 2.37. The lowest BCUT2D eigenvalue weighted by Crippen LogP contribution is -2.05.